The number of nitrogens with zero attached hydrogens (tertiary/aromatic N) is 2. The molecule has 1 aliphatic heterocycles. The monoisotopic (exact) mass is 415 g/mol. The Labute approximate surface area is 180 Å². The molecule has 1 aliphatic rings. The van der Waals surface area contributed by atoms with Gasteiger partial charge in [-0.25, -0.2) is 9.97 Å². The van der Waals surface area contributed by atoms with E-state index in [2.05, 4.69) is 25.9 Å². The number of nitrogen functional groups attached to an aromatic ring is 1. The number of carbonyl (C=O) groups excluding carboxylic acids is 1. The van der Waals surface area contributed by atoms with Crippen LogP contribution in [-0.2, 0) is 0 Å². The van der Waals surface area contributed by atoms with Gasteiger partial charge < -0.3 is 27.1 Å². The lowest BCUT2D eigenvalue weighted by Gasteiger charge is -2.23. The smallest absolute Gasteiger partial charge is 0.251 e. The van der Waals surface area contributed by atoms with E-state index in [0.717, 1.165) is 37.2 Å². The van der Waals surface area contributed by atoms with Crippen molar-refractivity contribution in [3.05, 3.63) is 65.9 Å². The fraction of sp³-hybridized carbons (Fsp3) is 0.217. The molecule has 1 fully saturated rings. The molecule has 0 radical (unpaired) electrons. The summed E-state index contributed by atoms with van der Waals surface area (Å²) in [6, 6.07) is 14.7. The molecule has 0 unspecified atom stereocenters. The van der Waals surface area contributed by atoms with E-state index in [1.54, 1.807) is 30.5 Å². The number of rotatable bonds is 6. The standard InChI is InChI=1S/C23H25N7O/c24-14-17-13-19(4-5-20(17)25)28-21-8-11-27-22(30-21)15-2-1-3-16(12-15)23(31)29-18-6-9-26-10-7-18/h1-5,8,11-14,18,24,26H,6-7,9-10,25H2,(H,29,31)(H,27,28,30). The Hall–Kier alpha value is -3.78. The Morgan fingerprint density at radius 1 is 1.16 bits per heavy atom. The molecule has 2 heterocycles. The maximum atomic E-state index is 12.7. The number of benzene rings is 2. The van der Waals surface area contributed by atoms with Crippen LogP contribution in [-0.4, -0.2) is 41.2 Å². The van der Waals surface area contributed by atoms with Crippen molar-refractivity contribution in [2.24, 2.45) is 0 Å². The number of piperidine rings is 1. The number of aromatic nitrogens is 2. The number of carbonyl (C=O) groups is 1. The lowest BCUT2D eigenvalue weighted by atomic mass is 10.1. The third-order valence-corrected chi connectivity index (χ3v) is 5.23. The van der Waals surface area contributed by atoms with Crippen molar-refractivity contribution in [2.45, 2.75) is 18.9 Å². The van der Waals surface area contributed by atoms with Crippen LogP contribution >= 0.6 is 0 Å². The van der Waals surface area contributed by atoms with Gasteiger partial charge >= 0.3 is 0 Å². The highest BCUT2D eigenvalue weighted by molar-refractivity contribution is 5.95. The van der Waals surface area contributed by atoms with Gasteiger partial charge in [0.2, 0.25) is 0 Å². The molecule has 0 spiro atoms. The summed E-state index contributed by atoms with van der Waals surface area (Å²) >= 11 is 0. The van der Waals surface area contributed by atoms with Crippen LogP contribution in [0.4, 0.5) is 17.2 Å². The second-order valence-corrected chi connectivity index (χ2v) is 7.46. The number of hydrogen-bond donors (Lipinski definition) is 5. The van der Waals surface area contributed by atoms with E-state index >= 15 is 0 Å². The van der Waals surface area contributed by atoms with Crippen LogP contribution in [0.3, 0.4) is 0 Å². The van der Waals surface area contributed by atoms with Crippen molar-refractivity contribution in [3.63, 3.8) is 0 Å². The molecule has 2 aromatic carbocycles. The molecule has 8 nitrogen and oxygen atoms in total. The van der Waals surface area contributed by atoms with Crippen molar-refractivity contribution in [1.82, 2.24) is 20.6 Å². The van der Waals surface area contributed by atoms with Gasteiger partial charge in [-0.1, -0.05) is 12.1 Å². The molecular weight excluding hydrogens is 390 g/mol. The van der Waals surface area contributed by atoms with Gasteiger partial charge in [-0.15, -0.1) is 0 Å². The SMILES string of the molecule is N=Cc1cc(Nc2ccnc(-c3cccc(C(=O)NC4CCNCC4)c3)n2)ccc1N. The highest BCUT2D eigenvalue weighted by Gasteiger charge is 2.17. The predicted octanol–water partition coefficient (Wildman–Crippen LogP) is 2.95. The van der Waals surface area contributed by atoms with Crippen molar-refractivity contribution in [2.75, 3.05) is 24.1 Å². The van der Waals surface area contributed by atoms with E-state index in [-0.39, 0.29) is 11.9 Å². The molecule has 6 N–H and O–H groups in total. The van der Waals surface area contributed by atoms with E-state index in [0.29, 0.717) is 28.5 Å². The fourth-order valence-electron chi connectivity index (χ4n) is 3.53. The maximum Gasteiger partial charge on any atom is 0.251 e. The maximum absolute atomic E-state index is 12.7. The largest absolute Gasteiger partial charge is 0.398 e. The summed E-state index contributed by atoms with van der Waals surface area (Å²) in [5.74, 6) is 1.04. The van der Waals surface area contributed by atoms with Gasteiger partial charge in [-0.3, -0.25) is 4.79 Å². The van der Waals surface area contributed by atoms with E-state index in [9.17, 15) is 4.79 Å². The van der Waals surface area contributed by atoms with Crippen molar-refractivity contribution in [3.8, 4) is 11.4 Å². The topological polar surface area (TPSA) is 129 Å². The first-order valence-electron chi connectivity index (χ1n) is 10.2. The van der Waals surface area contributed by atoms with Crippen LogP contribution in [0, 0.1) is 5.41 Å². The van der Waals surface area contributed by atoms with Crippen LogP contribution in [0.2, 0.25) is 0 Å². The first-order chi connectivity index (χ1) is 15.1. The average Bonchev–Trinajstić information content (AvgIpc) is 2.81. The lowest BCUT2D eigenvalue weighted by Crippen LogP contribution is -2.42. The van der Waals surface area contributed by atoms with Crippen LogP contribution in [0.5, 0.6) is 0 Å². The van der Waals surface area contributed by atoms with Crippen molar-refractivity contribution in [1.29, 1.82) is 5.41 Å². The highest BCUT2D eigenvalue weighted by atomic mass is 16.1. The van der Waals surface area contributed by atoms with Gasteiger partial charge in [0.1, 0.15) is 5.82 Å². The minimum atomic E-state index is -0.0796. The number of hydrogen-bond acceptors (Lipinski definition) is 7. The zero-order chi connectivity index (χ0) is 21.6. The van der Waals surface area contributed by atoms with E-state index < -0.39 is 0 Å². The molecule has 158 valence electrons. The van der Waals surface area contributed by atoms with Gasteiger partial charge in [-0.05, 0) is 62.3 Å². The van der Waals surface area contributed by atoms with Gasteiger partial charge in [0, 0.05) is 46.5 Å². The summed E-state index contributed by atoms with van der Waals surface area (Å²) in [4.78, 5) is 21.6. The van der Waals surface area contributed by atoms with E-state index in [4.69, 9.17) is 11.1 Å². The molecule has 3 aromatic rings. The Kier molecular flexibility index (Phi) is 6.18. The quantitative estimate of drug-likeness (QED) is 0.311. The minimum Gasteiger partial charge on any atom is -0.398 e. The first kappa shape index (κ1) is 20.5. The zero-order valence-corrected chi connectivity index (χ0v) is 17.1. The second kappa shape index (κ2) is 9.36. The normalized spacial score (nSPS) is 14.1. The van der Waals surface area contributed by atoms with Crippen molar-refractivity contribution >= 4 is 29.3 Å². The molecule has 1 aromatic heterocycles. The summed E-state index contributed by atoms with van der Waals surface area (Å²) < 4.78 is 0. The minimum absolute atomic E-state index is 0.0796. The highest BCUT2D eigenvalue weighted by Crippen LogP contribution is 2.22. The Morgan fingerprint density at radius 3 is 2.81 bits per heavy atom. The molecule has 0 bridgehead atoms. The molecule has 0 saturated carbocycles. The summed E-state index contributed by atoms with van der Waals surface area (Å²) in [5, 5.41) is 17.1. The van der Waals surface area contributed by atoms with E-state index in [1.807, 2.05) is 24.3 Å². The number of amides is 1. The molecule has 0 atom stereocenters. The number of nitrogens with one attached hydrogen (secondary N) is 4. The molecule has 4 rings (SSSR count). The molecular formula is C23H25N7O. The predicted molar refractivity (Wildman–Crippen MR) is 123 cm³/mol. The van der Waals surface area contributed by atoms with Crippen molar-refractivity contribution < 1.29 is 4.79 Å². The lowest BCUT2D eigenvalue weighted by molar-refractivity contribution is 0.0929. The van der Waals surface area contributed by atoms with Gasteiger partial charge in [0.15, 0.2) is 5.82 Å². The Morgan fingerprint density at radius 2 is 2.00 bits per heavy atom. The van der Waals surface area contributed by atoms with Gasteiger partial charge in [-0.2, -0.15) is 0 Å². The summed E-state index contributed by atoms with van der Waals surface area (Å²) in [7, 11) is 0. The summed E-state index contributed by atoms with van der Waals surface area (Å²) in [6.45, 7) is 1.85. The van der Waals surface area contributed by atoms with Crippen LogP contribution in [0.15, 0.2) is 54.7 Å². The summed E-state index contributed by atoms with van der Waals surface area (Å²) in [5.41, 5.74) is 9.15. The van der Waals surface area contributed by atoms with Crippen LogP contribution < -0.4 is 21.7 Å². The molecule has 1 saturated heterocycles. The van der Waals surface area contributed by atoms with Gasteiger partial charge in [0.05, 0.1) is 0 Å². The first-order valence-corrected chi connectivity index (χ1v) is 10.2. The Bertz CT molecular complexity index is 1090. The van der Waals surface area contributed by atoms with Crippen LogP contribution in [0.25, 0.3) is 11.4 Å². The van der Waals surface area contributed by atoms with Crippen LogP contribution in [0.1, 0.15) is 28.8 Å². The molecule has 8 heteroatoms. The molecule has 31 heavy (non-hydrogen) atoms. The summed E-state index contributed by atoms with van der Waals surface area (Å²) in [6.07, 6.45) is 4.76. The number of anilines is 3. The Balaban J connectivity index is 1.51. The van der Waals surface area contributed by atoms with Gasteiger partial charge in [0.25, 0.3) is 5.91 Å². The number of nitrogens with two attached hydrogens (primary N) is 1. The third-order valence-electron chi connectivity index (χ3n) is 5.23. The fourth-order valence-corrected chi connectivity index (χ4v) is 3.53. The second-order valence-electron chi connectivity index (χ2n) is 7.46. The molecule has 0 aliphatic carbocycles. The zero-order valence-electron chi connectivity index (χ0n) is 17.1. The van der Waals surface area contributed by atoms with E-state index in [1.165, 1.54) is 6.21 Å². The third kappa shape index (κ3) is 5.04. The molecule has 1 amide bonds. The average molecular weight is 416 g/mol.